The standard InChI is InChI=1S/C22H33N7O2/c1-17-26-27-21(28(17)2)16-25-22(24-8-9-29-10-13-30-14-11-29)23-7-5-18-3-4-20-19(15-18)6-12-31-20/h3-4,15H,5-14,16H2,1-2H3,(H2,23,24,25). The highest BCUT2D eigenvalue weighted by Gasteiger charge is 2.13. The van der Waals surface area contributed by atoms with E-state index in [0.29, 0.717) is 6.54 Å². The molecule has 1 aromatic carbocycles. The van der Waals surface area contributed by atoms with Crippen molar-refractivity contribution in [3.63, 3.8) is 0 Å². The van der Waals surface area contributed by atoms with Crippen molar-refractivity contribution in [2.24, 2.45) is 12.0 Å². The van der Waals surface area contributed by atoms with E-state index in [0.717, 1.165) is 88.7 Å². The fourth-order valence-electron chi connectivity index (χ4n) is 3.79. The Morgan fingerprint density at radius 2 is 1.97 bits per heavy atom. The number of morpholine rings is 1. The van der Waals surface area contributed by atoms with E-state index in [4.69, 9.17) is 14.5 Å². The molecular weight excluding hydrogens is 394 g/mol. The summed E-state index contributed by atoms with van der Waals surface area (Å²) in [6, 6.07) is 6.50. The molecule has 2 N–H and O–H groups in total. The topological polar surface area (TPSA) is 88.8 Å². The average molecular weight is 428 g/mol. The molecule has 0 amide bonds. The molecule has 1 saturated heterocycles. The number of benzene rings is 1. The smallest absolute Gasteiger partial charge is 0.191 e. The first kappa shape index (κ1) is 21.6. The lowest BCUT2D eigenvalue weighted by Crippen LogP contribution is -2.44. The first-order valence-corrected chi connectivity index (χ1v) is 11.1. The third-order valence-electron chi connectivity index (χ3n) is 5.85. The van der Waals surface area contributed by atoms with E-state index in [9.17, 15) is 0 Å². The van der Waals surface area contributed by atoms with Crippen molar-refractivity contribution in [1.82, 2.24) is 30.3 Å². The van der Waals surface area contributed by atoms with Crippen LogP contribution >= 0.6 is 0 Å². The van der Waals surface area contributed by atoms with Crippen LogP contribution in [0.4, 0.5) is 0 Å². The number of nitrogens with one attached hydrogen (secondary N) is 2. The molecule has 2 aliphatic heterocycles. The maximum atomic E-state index is 5.61. The van der Waals surface area contributed by atoms with Crippen molar-refractivity contribution < 1.29 is 9.47 Å². The Balaban J connectivity index is 1.31. The highest BCUT2D eigenvalue weighted by atomic mass is 16.5. The number of aliphatic imine (C=N–C) groups is 1. The van der Waals surface area contributed by atoms with Crippen molar-refractivity contribution in [3.8, 4) is 5.75 Å². The predicted octanol–water partition coefficient (Wildman–Crippen LogP) is 0.669. The van der Waals surface area contributed by atoms with Gasteiger partial charge >= 0.3 is 0 Å². The fourth-order valence-corrected chi connectivity index (χ4v) is 3.79. The molecule has 0 bridgehead atoms. The number of ether oxygens (including phenoxy) is 2. The van der Waals surface area contributed by atoms with Crippen LogP contribution in [-0.4, -0.2) is 78.2 Å². The summed E-state index contributed by atoms with van der Waals surface area (Å²) in [5.41, 5.74) is 2.63. The fraction of sp³-hybridized carbons (Fsp3) is 0.591. The zero-order valence-corrected chi connectivity index (χ0v) is 18.6. The van der Waals surface area contributed by atoms with Crippen LogP contribution < -0.4 is 15.4 Å². The van der Waals surface area contributed by atoms with Crippen LogP contribution in [0.15, 0.2) is 23.2 Å². The third kappa shape index (κ3) is 5.95. The molecule has 4 rings (SSSR count). The van der Waals surface area contributed by atoms with E-state index in [1.54, 1.807) is 0 Å². The molecule has 168 valence electrons. The van der Waals surface area contributed by atoms with Gasteiger partial charge < -0.3 is 24.7 Å². The molecule has 31 heavy (non-hydrogen) atoms. The maximum absolute atomic E-state index is 5.61. The van der Waals surface area contributed by atoms with Crippen LogP contribution in [0, 0.1) is 6.92 Å². The molecule has 0 unspecified atom stereocenters. The summed E-state index contributed by atoms with van der Waals surface area (Å²) in [7, 11) is 1.97. The summed E-state index contributed by atoms with van der Waals surface area (Å²) in [5, 5.41) is 15.3. The average Bonchev–Trinajstić information content (AvgIpc) is 3.39. The molecular formula is C22H33N7O2. The highest BCUT2D eigenvalue weighted by molar-refractivity contribution is 5.79. The number of nitrogens with zero attached hydrogens (tertiary/aromatic N) is 5. The molecule has 2 aliphatic rings. The van der Waals surface area contributed by atoms with Gasteiger partial charge in [0.15, 0.2) is 11.8 Å². The minimum atomic E-state index is 0.487. The minimum absolute atomic E-state index is 0.487. The van der Waals surface area contributed by atoms with Crippen LogP contribution in [-0.2, 0) is 31.2 Å². The molecule has 1 aromatic heterocycles. The third-order valence-corrected chi connectivity index (χ3v) is 5.85. The second-order valence-corrected chi connectivity index (χ2v) is 7.99. The Morgan fingerprint density at radius 3 is 2.77 bits per heavy atom. The Bertz CT molecular complexity index is 890. The molecule has 3 heterocycles. The van der Waals surface area contributed by atoms with E-state index in [2.05, 4.69) is 43.9 Å². The molecule has 0 spiro atoms. The summed E-state index contributed by atoms with van der Waals surface area (Å²) < 4.78 is 13.0. The Labute approximate surface area is 183 Å². The summed E-state index contributed by atoms with van der Waals surface area (Å²) in [5.74, 6) is 3.58. The van der Waals surface area contributed by atoms with Crippen LogP contribution in [0.2, 0.25) is 0 Å². The summed E-state index contributed by atoms with van der Waals surface area (Å²) in [6.07, 6.45) is 1.93. The largest absolute Gasteiger partial charge is 0.493 e. The van der Waals surface area contributed by atoms with E-state index >= 15 is 0 Å². The number of aromatic nitrogens is 3. The van der Waals surface area contributed by atoms with Gasteiger partial charge in [-0.3, -0.25) is 4.90 Å². The Hall–Kier alpha value is -2.65. The molecule has 9 heteroatoms. The highest BCUT2D eigenvalue weighted by Crippen LogP contribution is 2.25. The minimum Gasteiger partial charge on any atom is -0.493 e. The number of aryl methyl sites for hydroxylation is 1. The first-order valence-electron chi connectivity index (χ1n) is 11.1. The lowest BCUT2D eigenvalue weighted by Gasteiger charge is -2.26. The Morgan fingerprint density at radius 1 is 1.13 bits per heavy atom. The van der Waals surface area contributed by atoms with Gasteiger partial charge in [-0.1, -0.05) is 12.1 Å². The molecule has 0 atom stereocenters. The maximum Gasteiger partial charge on any atom is 0.191 e. The van der Waals surface area contributed by atoms with Gasteiger partial charge in [-0.2, -0.15) is 0 Å². The summed E-state index contributed by atoms with van der Waals surface area (Å²) >= 11 is 0. The number of rotatable bonds is 8. The molecule has 0 saturated carbocycles. The second kappa shape index (κ2) is 10.6. The predicted molar refractivity (Wildman–Crippen MR) is 119 cm³/mol. The van der Waals surface area contributed by atoms with Crippen LogP contribution in [0.25, 0.3) is 0 Å². The molecule has 0 aliphatic carbocycles. The zero-order chi connectivity index (χ0) is 21.5. The second-order valence-electron chi connectivity index (χ2n) is 7.99. The summed E-state index contributed by atoms with van der Waals surface area (Å²) in [4.78, 5) is 7.16. The van der Waals surface area contributed by atoms with Gasteiger partial charge in [-0.25, -0.2) is 4.99 Å². The van der Waals surface area contributed by atoms with Gasteiger partial charge in [0.05, 0.1) is 19.8 Å². The van der Waals surface area contributed by atoms with Crippen LogP contribution in [0.5, 0.6) is 5.75 Å². The number of hydrogen-bond donors (Lipinski definition) is 2. The SMILES string of the molecule is Cc1nnc(CN=C(NCCc2ccc3c(c2)CCO3)NCCN2CCOCC2)n1C. The number of hydrogen-bond acceptors (Lipinski definition) is 6. The van der Waals surface area contributed by atoms with E-state index in [-0.39, 0.29) is 0 Å². The number of guanidine groups is 1. The zero-order valence-electron chi connectivity index (χ0n) is 18.6. The van der Waals surface area contributed by atoms with Crippen LogP contribution in [0.1, 0.15) is 22.8 Å². The molecule has 2 aromatic rings. The van der Waals surface area contributed by atoms with Gasteiger partial charge in [0.2, 0.25) is 0 Å². The first-order chi connectivity index (χ1) is 15.2. The molecule has 0 radical (unpaired) electrons. The lowest BCUT2D eigenvalue weighted by atomic mass is 10.1. The molecule has 1 fully saturated rings. The van der Waals surface area contributed by atoms with Crippen molar-refractivity contribution in [2.45, 2.75) is 26.3 Å². The van der Waals surface area contributed by atoms with Gasteiger partial charge in [0.1, 0.15) is 18.1 Å². The van der Waals surface area contributed by atoms with Gasteiger partial charge in [0.25, 0.3) is 0 Å². The van der Waals surface area contributed by atoms with Crippen LogP contribution in [0.3, 0.4) is 0 Å². The summed E-state index contributed by atoms with van der Waals surface area (Å²) in [6.45, 7) is 9.44. The number of fused-ring (bicyclic) bond motifs is 1. The van der Waals surface area contributed by atoms with Gasteiger partial charge in [-0.15, -0.1) is 10.2 Å². The van der Waals surface area contributed by atoms with E-state index in [1.165, 1.54) is 11.1 Å². The van der Waals surface area contributed by atoms with E-state index < -0.39 is 0 Å². The normalized spacial score (nSPS) is 16.8. The monoisotopic (exact) mass is 427 g/mol. The quantitative estimate of drug-likeness (QED) is 0.473. The van der Waals surface area contributed by atoms with Crippen molar-refractivity contribution in [1.29, 1.82) is 0 Å². The van der Waals surface area contributed by atoms with Crippen molar-refractivity contribution in [3.05, 3.63) is 41.0 Å². The lowest BCUT2D eigenvalue weighted by molar-refractivity contribution is 0.0389. The van der Waals surface area contributed by atoms with Gasteiger partial charge in [-0.05, 0) is 30.5 Å². The van der Waals surface area contributed by atoms with Gasteiger partial charge in [0, 0.05) is 46.2 Å². The van der Waals surface area contributed by atoms with E-state index in [1.807, 2.05) is 18.5 Å². The Kier molecular flexibility index (Phi) is 7.37. The van der Waals surface area contributed by atoms with Crippen molar-refractivity contribution >= 4 is 5.96 Å². The molecule has 9 nitrogen and oxygen atoms in total. The van der Waals surface area contributed by atoms with Crippen molar-refractivity contribution in [2.75, 3.05) is 52.5 Å².